The molecule has 22 heavy (non-hydrogen) atoms. The fourth-order valence-electron chi connectivity index (χ4n) is 1.62. The number of carbonyl (C=O) groups excluding carboxylic acids is 2. The van der Waals surface area contributed by atoms with Crippen molar-refractivity contribution in [3.05, 3.63) is 69.6 Å². The Balaban J connectivity index is 2.07. The molecule has 0 atom stereocenters. The number of hydrogen-bond acceptors (Lipinski definition) is 3. The number of hydrogen-bond donors (Lipinski definition) is 2. The van der Waals surface area contributed by atoms with Crippen LogP contribution in [0.1, 0.15) is 5.56 Å². The number of rotatable bonds is 4. The lowest BCUT2D eigenvalue weighted by Crippen LogP contribution is -2.21. The van der Waals surface area contributed by atoms with Crippen LogP contribution in [0.25, 0.3) is 5.76 Å². The number of benzene rings is 2. The minimum Gasteiger partial charge on any atom is -0.507 e. The summed E-state index contributed by atoms with van der Waals surface area (Å²) in [5.74, 6) is -2.63. The molecule has 2 N–H and O–H groups in total. The molecule has 2 aromatic carbocycles. The van der Waals surface area contributed by atoms with Crippen molar-refractivity contribution in [3.8, 4) is 0 Å². The van der Waals surface area contributed by atoms with Gasteiger partial charge in [0.15, 0.2) is 0 Å². The van der Waals surface area contributed by atoms with Crippen molar-refractivity contribution in [1.29, 1.82) is 0 Å². The maximum absolute atomic E-state index is 12.8. The van der Waals surface area contributed by atoms with E-state index >= 15 is 0 Å². The first-order chi connectivity index (χ1) is 10.5. The van der Waals surface area contributed by atoms with E-state index in [1.54, 1.807) is 24.3 Å². The lowest BCUT2D eigenvalue weighted by Gasteiger charge is -2.03. The van der Waals surface area contributed by atoms with Crippen LogP contribution >= 0.6 is 22.6 Å². The molecule has 1 amide bonds. The summed E-state index contributed by atoms with van der Waals surface area (Å²) in [5, 5.41) is 12.2. The second-order valence-electron chi connectivity index (χ2n) is 4.36. The van der Waals surface area contributed by atoms with Gasteiger partial charge in [-0.2, -0.15) is 0 Å². The molecule has 0 bridgehead atoms. The van der Waals surface area contributed by atoms with Crippen molar-refractivity contribution >= 4 is 45.7 Å². The molecule has 112 valence electrons. The zero-order chi connectivity index (χ0) is 16.1. The Morgan fingerprint density at radius 1 is 1.05 bits per heavy atom. The third-order valence-corrected chi connectivity index (χ3v) is 3.45. The first-order valence-corrected chi connectivity index (χ1v) is 7.31. The number of carbonyl (C=O) groups is 2. The minimum atomic E-state index is -0.902. The van der Waals surface area contributed by atoms with Crippen LogP contribution < -0.4 is 5.32 Å². The van der Waals surface area contributed by atoms with Crippen LogP contribution in [0.3, 0.4) is 0 Å². The highest BCUT2D eigenvalue weighted by molar-refractivity contribution is 14.1. The Morgan fingerprint density at radius 2 is 1.64 bits per heavy atom. The molecule has 0 unspecified atom stereocenters. The number of ketones is 1. The number of aliphatic hydroxyl groups is 1. The summed E-state index contributed by atoms with van der Waals surface area (Å²) >= 11 is 2.12. The van der Waals surface area contributed by atoms with Crippen LogP contribution in [-0.4, -0.2) is 16.8 Å². The van der Waals surface area contributed by atoms with Gasteiger partial charge in [-0.15, -0.1) is 0 Å². The van der Waals surface area contributed by atoms with Gasteiger partial charge >= 0.3 is 0 Å². The molecule has 0 heterocycles. The Labute approximate surface area is 139 Å². The first-order valence-electron chi connectivity index (χ1n) is 6.23. The van der Waals surface area contributed by atoms with Crippen LogP contribution in [0.15, 0.2) is 54.6 Å². The SMILES string of the molecule is O=C(C=C(O)c1ccc(F)cc1)C(=O)Nc1ccc(I)cc1. The van der Waals surface area contributed by atoms with Crippen molar-refractivity contribution in [2.75, 3.05) is 5.32 Å². The zero-order valence-corrected chi connectivity index (χ0v) is 13.4. The second kappa shape index (κ2) is 7.17. The van der Waals surface area contributed by atoms with Crippen LogP contribution in [0.4, 0.5) is 10.1 Å². The Hall–Kier alpha value is -2.22. The molecule has 6 heteroatoms. The van der Waals surface area contributed by atoms with Gasteiger partial charge in [-0.3, -0.25) is 9.59 Å². The molecule has 0 aromatic heterocycles. The average molecular weight is 411 g/mol. The molecule has 0 aliphatic carbocycles. The van der Waals surface area contributed by atoms with E-state index in [1.807, 2.05) is 0 Å². The molecular formula is C16H11FINO3. The normalized spacial score (nSPS) is 11.1. The molecule has 2 aromatic rings. The van der Waals surface area contributed by atoms with E-state index in [0.717, 1.165) is 21.8 Å². The molecule has 0 saturated carbocycles. The molecule has 0 aliphatic rings. The third-order valence-electron chi connectivity index (χ3n) is 2.73. The fourth-order valence-corrected chi connectivity index (χ4v) is 1.98. The highest BCUT2D eigenvalue weighted by Gasteiger charge is 2.13. The number of anilines is 1. The topological polar surface area (TPSA) is 66.4 Å². The van der Waals surface area contributed by atoms with Gasteiger partial charge in [-0.25, -0.2) is 4.39 Å². The summed E-state index contributed by atoms with van der Waals surface area (Å²) in [6, 6.07) is 11.8. The summed E-state index contributed by atoms with van der Waals surface area (Å²) < 4.78 is 13.8. The van der Waals surface area contributed by atoms with E-state index in [-0.39, 0.29) is 5.56 Å². The molecule has 0 fully saturated rings. The summed E-state index contributed by atoms with van der Waals surface area (Å²) in [6.07, 6.45) is 0.801. The van der Waals surface area contributed by atoms with Crippen molar-refractivity contribution < 1.29 is 19.1 Å². The van der Waals surface area contributed by atoms with Crippen LogP contribution in [0.2, 0.25) is 0 Å². The number of nitrogens with one attached hydrogen (secondary N) is 1. The summed E-state index contributed by atoms with van der Waals surface area (Å²) in [7, 11) is 0. The number of amides is 1. The smallest absolute Gasteiger partial charge is 0.296 e. The van der Waals surface area contributed by atoms with Gasteiger partial charge in [0, 0.05) is 20.9 Å². The predicted molar refractivity (Wildman–Crippen MR) is 89.8 cm³/mol. The summed E-state index contributed by atoms with van der Waals surface area (Å²) in [6.45, 7) is 0. The number of aliphatic hydroxyl groups excluding tert-OH is 1. The van der Waals surface area contributed by atoms with Crippen LogP contribution in [0.5, 0.6) is 0 Å². The van der Waals surface area contributed by atoms with E-state index in [4.69, 9.17) is 0 Å². The maximum Gasteiger partial charge on any atom is 0.296 e. The highest BCUT2D eigenvalue weighted by Crippen LogP contribution is 2.13. The van der Waals surface area contributed by atoms with Gasteiger partial charge in [-0.05, 0) is 71.1 Å². The Kier molecular flexibility index (Phi) is 5.26. The molecule has 0 saturated heterocycles. The van der Waals surface area contributed by atoms with Gasteiger partial charge < -0.3 is 10.4 Å². The number of halogens is 2. The van der Waals surface area contributed by atoms with E-state index in [2.05, 4.69) is 27.9 Å². The van der Waals surface area contributed by atoms with Crippen LogP contribution in [-0.2, 0) is 9.59 Å². The fraction of sp³-hybridized carbons (Fsp3) is 0. The quantitative estimate of drug-likeness (QED) is 0.350. The Morgan fingerprint density at radius 3 is 2.23 bits per heavy atom. The largest absolute Gasteiger partial charge is 0.507 e. The molecule has 2 rings (SSSR count). The van der Waals surface area contributed by atoms with Crippen LogP contribution in [0, 0.1) is 9.39 Å². The first kappa shape index (κ1) is 16.2. The minimum absolute atomic E-state index is 0.247. The van der Waals surface area contributed by atoms with Gasteiger partial charge in [-0.1, -0.05) is 0 Å². The molecular weight excluding hydrogens is 400 g/mol. The molecule has 0 radical (unpaired) electrons. The van der Waals surface area contributed by atoms with Gasteiger partial charge in [0.25, 0.3) is 5.91 Å². The van der Waals surface area contributed by atoms with Gasteiger partial charge in [0.05, 0.1) is 0 Å². The second-order valence-corrected chi connectivity index (χ2v) is 5.61. The highest BCUT2D eigenvalue weighted by atomic mass is 127. The van der Waals surface area contributed by atoms with Gasteiger partial charge in [0.2, 0.25) is 5.78 Å². The molecule has 0 spiro atoms. The summed E-state index contributed by atoms with van der Waals surface area (Å²) in [4.78, 5) is 23.5. The van der Waals surface area contributed by atoms with E-state index in [9.17, 15) is 19.1 Å². The molecule has 4 nitrogen and oxygen atoms in total. The average Bonchev–Trinajstić information content (AvgIpc) is 2.50. The Bertz CT molecular complexity index is 724. The van der Waals surface area contributed by atoms with Crippen molar-refractivity contribution in [3.63, 3.8) is 0 Å². The summed E-state index contributed by atoms with van der Waals surface area (Å²) in [5.41, 5.74) is 0.727. The third kappa shape index (κ3) is 4.39. The van der Waals surface area contributed by atoms with E-state index < -0.39 is 23.3 Å². The van der Waals surface area contributed by atoms with E-state index in [1.165, 1.54) is 12.1 Å². The molecule has 0 aliphatic heterocycles. The zero-order valence-electron chi connectivity index (χ0n) is 11.2. The predicted octanol–water partition coefficient (Wildman–Crippen LogP) is 3.54. The van der Waals surface area contributed by atoms with Crippen molar-refractivity contribution in [2.24, 2.45) is 0 Å². The van der Waals surface area contributed by atoms with Gasteiger partial charge in [0.1, 0.15) is 11.6 Å². The lowest BCUT2D eigenvalue weighted by molar-refractivity contribution is -0.131. The standard InChI is InChI=1S/C16H11FINO3/c17-11-3-1-10(2-4-11)14(20)9-15(21)16(22)19-13-7-5-12(18)6-8-13/h1-9,20H,(H,19,22). The van der Waals surface area contributed by atoms with E-state index in [0.29, 0.717) is 5.69 Å². The van der Waals surface area contributed by atoms with Crippen molar-refractivity contribution in [2.45, 2.75) is 0 Å². The monoisotopic (exact) mass is 411 g/mol. The van der Waals surface area contributed by atoms with Crippen molar-refractivity contribution in [1.82, 2.24) is 0 Å². The lowest BCUT2D eigenvalue weighted by atomic mass is 10.1. The maximum atomic E-state index is 12.8.